The molecule has 0 rings (SSSR count). The van der Waals surface area contributed by atoms with E-state index < -0.39 is 11.9 Å². The smallest absolute Gasteiger partial charge is 0.332 e. The molecule has 0 atom stereocenters. The zero-order chi connectivity index (χ0) is 11.8. The van der Waals surface area contributed by atoms with E-state index in [0.717, 1.165) is 6.42 Å². The first kappa shape index (κ1) is 13.4. The van der Waals surface area contributed by atoms with Crippen LogP contribution in [0.3, 0.4) is 0 Å². The molecule has 0 unspecified atom stereocenters. The summed E-state index contributed by atoms with van der Waals surface area (Å²) in [6.45, 7) is 5.34. The van der Waals surface area contributed by atoms with Crippen LogP contribution in [0.4, 0.5) is 0 Å². The van der Waals surface area contributed by atoms with Gasteiger partial charge in [-0.2, -0.15) is 0 Å². The second kappa shape index (κ2) is 6.81. The highest BCUT2D eigenvalue weighted by Crippen LogP contribution is 2.16. The number of carbonyl (C=O) groups is 2. The predicted octanol–water partition coefficient (Wildman–Crippen LogP) is 2.22. The van der Waals surface area contributed by atoms with Crippen molar-refractivity contribution < 1.29 is 19.8 Å². The second-order valence-electron chi connectivity index (χ2n) is 3.16. The van der Waals surface area contributed by atoms with Crippen molar-refractivity contribution in [2.45, 2.75) is 32.6 Å². The Morgan fingerprint density at radius 2 is 1.73 bits per heavy atom. The molecule has 4 heteroatoms. The number of carboxylic acids is 2. The molecule has 84 valence electrons. The van der Waals surface area contributed by atoms with Crippen LogP contribution >= 0.6 is 0 Å². The van der Waals surface area contributed by atoms with Gasteiger partial charge in [-0.1, -0.05) is 19.4 Å². The predicted molar refractivity (Wildman–Crippen MR) is 56.6 cm³/mol. The van der Waals surface area contributed by atoms with E-state index in [1.807, 2.05) is 6.92 Å². The van der Waals surface area contributed by atoms with Crippen LogP contribution in [0.1, 0.15) is 32.6 Å². The van der Waals surface area contributed by atoms with E-state index in [1.54, 1.807) is 0 Å². The Morgan fingerprint density at radius 1 is 1.20 bits per heavy atom. The van der Waals surface area contributed by atoms with Crippen LogP contribution in [-0.2, 0) is 9.59 Å². The maximum absolute atomic E-state index is 10.9. The van der Waals surface area contributed by atoms with Gasteiger partial charge in [0.05, 0.1) is 5.57 Å². The summed E-state index contributed by atoms with van der Waals surface area (Å²) in [5, 5.41) is 17.7. The van der Waals surface area contributed by atoms with Crippen molar-refractivity contribution >= 4 is 11.9 Å². The van der Waals surface area contributed by atoms with Crippen molar-refractivity contribution in [1.82, 2.24) is 0 Å². The van der Waals surface area contributed by atoms with Crippen LogP contribution < -0.4 is 0 Å². The van der Waals surface area contributed by atoms with Crippen molar-refractivity contribution in [2.24, 2.45) is 0 Å². The van der Waals surface area contributed by atoms with Crippen molar-refractivity contribution in [1.29, 1.82) is 0 Å². The van der Waals surface area contributed by atoms with Crippen molar-refractivity contribution in [2.75, 3.05) is 0 Å². The van der Waals surface area contributed by atoms with Crippen LogP contribution in [0.5, 0.6) is 0 Å². The molecule has 0 aliphatic heterocycles. The lowest BCUT2D eigenvalue weighted by Crippen LogP contribution is -2.11. The monoisotopic (exact) mass is 212 g/mol. The molecule has 0 bridgehead atoms. The molecule has 0 saturated heterocycles. The first-order valence-corrected chi connectivity index (χ1v) is 4.84. The Balaban J connectivity index is 5.04. The number of unbranched alkanes of at least 4 members (excludes halogenated alkanes) is 1. The summed E-state index contributed by atoms with van der Waals surface area (Å²) in [5.41, 5.74) is -0.0739. The van der Waals surface area contributed by atoms with Crippen LogP contribution in [0.2, 0.25) is 0 Å². The fourth-order valence-electron chi connectivity index (χ4n) is 1.22. The third-order valence-electron chi connectivity index (χ3n) is 2.01. The molecule has 2 N–H and O–H groups in total. The highest BCUT2D eigenvalue weighted by Gasteiger charge is 2.18. The minimum Gasteiger partial charge on any atom is -0.478 e. The lowest BCUT2D eigenvalue weighted by molar-refractivity contribution is -0.136. The number of rotatable bonds is 7. The third-order valence-corrected chi connectivity index (χ3v) is 2.01. The molecule has 0 heterocycles. The molecule has 0 aliphatic rings. The molecule has 0 aromatic carbocycles. The van der Waals surface area contributed by atoms with Gasteiger partial charge in [0.15, 0.2) is 0 Å². The number of allylic oxidation sites excluding steroid dienone is 1. The molecule has 0 spiro atoms. The normalized spacial score (nSPS) is 11.8. The fraction of sp³-hybridized carbons (Fsp3) is 0.455. The van der Waals surface area contributed by atoms with Crippen LogP contribution in [0.25, 0.3) is 0 Å². The highest BCUT2D eigenvalue weighted by atomic mass is 16.4. The third kappa shape index (κ3) is 4.44. The summed E-state index contributed by atoms with van der Waals surface area (Å²) in [6, 6.07) is 0. The topological polar surface area (TPSA) is 74.6 Å². The molecular formula is C11H16O4. The van der Waals surface area contributed by atoms with Gasteiger partial charge in [0.25, 0.3) is 0 Å². The van der Waals surface area contributed by atoms with E-state index in [-0.39, 0.29) is 17.6 Å². The van der Waals surface area contributed by atoms with Gasteiger partial charge in [0, 0.05) is 5.57 Å². The SMILES string of the molecule is C=CC/C(C(=O)O)=C(\CCCC)C(=O)O. The lowest BCUT2D eigenvalue weighted by atomic mass is 10.00. The van der Waals surface area contributed by atoms with Crippen molar-refractivity contribution in [3.63, 3.8) is 0 Å². The standard InChI is InChI=1S/C11H16O4/c1-3-5-7-9(11(14)15)8(6-4-2)10(12)13/h4H,2-3,5-7H2,1H3,(H,12,13)(H,14,15)/b9-8-. The van der Waals surface area contributed by atoms with Gasteiger partial charge in [-0.3, -0.25) is 0 Å². The number of aliphatic carboxylic acids is 2. The van der Waals surface area contributed by atoms with Gasteiger partial charge in [0.2, 0.25) is 0 Å². The Kier molecular flexibility index (Phi) is 6.09. The van der Waals surface area contributed by atoms with Crippen LogP contribution in [0.15, 0.2) is 23.8 Å². The van der Waals surface area contributed by atoms with Gasteiger partial charge >= 0.3 is 11.9 Å². The molecule has 0 fully saturated rings. The van der Waals surface area contributed by atoms with E-state index in [9.17, 15) is 9.59 Å². The molecular weight excluding hydrogens is 196 g/mol. The Morgan fingerprint density at radius 3 is 2.07 bits per heavy atom. The van der Waals surface area contributed by atoms with Crippen molar-refractivity contribution in [3.05, 3.63) is 23.8 Å². The minimum atomic E-state index is -1.18. The molecule has 15 heavy (non-hydrogen) atoms. The molecule has 0 aromatic rings. The average Bonchev–Trinajstić information content (AvgIpc) is 2.16. The largest absolute Gasteiger partial charge is 0.478 e. The summed E-state index contributed by atoms with van der Waals surface area (Å²) < 4.78 is 0. The fourth-order valence-corrected chi connectivity index (χ4v) is 1.22. The van der Waals surface area contributed by atoms with Crippen LogP contribution in [-0.4, -0.2) is 22.2 Å². The van der Waals surface area contributed by atoms with Crippen LogP contribution in [0, 0.1) is 0 Å². The molecule has 0 aromatic heterocycles. The van der Waals surface area contributed by atoms with Gasteiger partial charge in [-0.05, 0) is 19.3 Å². The van der Waals surface area contributed by atoms with Gasteiger partial charge in [-0.25, -0.2) is 9.59 Å². The second-order valence-corrected chi connectivity index (χ2v) is 3.16. The maximum Gasteiger partial charge on any atom is 0.332 e. The summed E-state index contributed by atoms with van der Waals surface area (Å²) >= 11 is 0. The Labute approximate surface area is 88.9 Å². The highest BCUT2D eigenvalue weighted by molar-refractivity contribution is 5.98. The van der Waals surface area contributed by atoms with Gasteiger partial charge in [0.1, 0.15) is 0 Å². The summed E-state index contributed by atoms with van der Waals surface area (Å²) in [4.78, 5) is 21.7. The Bertz CT molecular complexity index is 289. The summed E-state index contributed by atoms with van der Waals surface area (Å²) in [7, 11) is 0. The molecule has 0 saturated carbocycles. The Hall–Kier alpha value is -1.58. The molecule has 0 amide bonds. The van der Waals surface area contributed by atoms with Gasteiger partial charge in [-0.15, -0.1) is 6.58 Å². The van der Waals surface area contributed by atoms with E-state index in [0.29, 0.717) is 12.8 Å². The number of hydrogen-bond donors (Lipinski definition) is 2. The van der Waals surface area contributed by atoms with E-state index in [4.69, 9.17) is 10.2 Å². The minimum absolute atomic E-state index is 0.00995. The first-order chi connectivity index (χ1) is 7.04. The van der Waals surface area contributed by atoms with Gasteiger partial charge < -0.3 is 10.2 Å². The average molecular weight is 212 g/mol. The summed E-state index contributed by atoms with van der Waals surface area (Å²) in [5.74, 6) is -2.33. The van der Waals surface area contributed by atoms with E-state index >= 15 is 0 Å². The number of carboxylic acid groups (broad SMARTS) is 2. The number of hydrogen-bond acceptors (Lipinski definition) is 2. The molecule has 0 aliphatic carbocycles. The lowest BCUT2D eigenvalue weighted by Gasteiger charge is -2.06. The van der Waals surface area contributed by atoms with Crippen molar-refractivity contribution in [3.8, 4) is 0 Å². The zero-order valence-corrected chi connectivity index (χ0v) is 8.82. The maximum atomic E-state index is 10.9. The molecule has 4 nitrogen and oxygen atoms in total. The first-order valence-electron chi connectivity index (χ1n) is 4.84. The van der Waals surface area contributed by atoms with E-state index in [2.05, 4.69) is 6.58 Å². The molecule has 0 radical (unpaired) electrons. The summed E-state index contributed by atoms with van der Waals surface area (Å²) in [6.07, 6.45) is 3.29. The van der Waals surface area contributed by atoms with E-state index in [1.165, 1.54) is 6.08 Å². The zero-order valence-electron chi connectivity index (χ0n) is 8.82. The quantitative estimate of drug-likeness (QED) is 0.501.